The Hall–Kier alpha value is -3.42. The summed E-state index contributed by atoms with van der Waals surface area (Å²) in [5, 5.41) is 9.34. The van der Waals surface area contributed by atoms with Gasteiger partial charge in [-0.1, -0.05) is 0 Å². The lowest BCUT2D eigenvalue weighted by Gasteiger charge is -2.08. The average molecular weight is 321 g/mol. The van der Waals surface area contributed by atoms with Crippen LogP contribution in [-0.2, 0) is 0 Å². The Morgan fingerprint density at radius 2 is 2.04 bits per heavy atom. The number of hydrogen-bond acceptors (Lipinski definition) is 7. The van der Waals surface area contributed by atoms with Crippen LogP contribution in [0.15, 0.2) is 36.8 Å². The van der Waals surface area contributed by atoms with E-state index >= 15 is 0 Å². The van der Waals surface area contributed by atoms with E-state index in [0.29, 0.717) is 17.4 Å². The largest absolute Gasteiger partial charge is 0.495 e. The smallest absolute Gasteiger partial charge is 0.184 e. The van der Waals surface area contributed by atoms with Crippen molar-refractivity contribution in [2.45, 2.75) is 0 Å². The molecule has 4 heterocycles. The van der Waals surface area contributed by atoms with Gasteiger partial charge in [0.1, 0.15) is 17.4 Å². The molecule has 4 rings (SSSR count). The Balaban J connectivity index is 1.97. The first-order valence-corrected chi connectivity index (χ1v) is 7.32. The van der Waals surface area contributed by atoms with E-state index in [1.54, 1.807) is 36.3 Å². The molecule has 8 heteroatoms. The Labute approximate surface area is 137 Å². The molecule has 0 aliphatic carbocycles. The highest BCUT2D eigenvalue weighted by Gasteiger charge is 2.14. The fraction of sp³-hybridized carbons (Fsp3) is 0.125. The van der Waals surface area contributed by atoms with Crippen LogP contribution in [0.25, 0.3) is 27.8 Å². The van der Waals surface area contributed by atoms with E-state index in [-0.39, 0.29) is 0 Å². The zero-order valence-electron chi connectivity index (χ0n) is 13.2. The summed E-state index contributed by atoms with van der Waals surface area (Å²) in [6.45, 7) is 0. The summed E-state index contributed by atoms with van der Waals surface area (Å²) >= 11 is 0. The van der Waals surface area contributed by atoms with Gasteiger partial charge in [0.2, 0.25) is 0 Å². The highest BCUT2D eigenvalue weighted by molar-refractivity contribution is 6.01. The summed E-state index contributed by atoms with van der Waals surface area (Å²) in [7, 11) is 3.43. The standard InChI is InChI=1S/C16H15N7O/c1-18-15-11-6-19-13(17)5-10(11)12(7-20-15)16-21-14-4-3-9(24-2)8-23(14)22-16/h3-8H,1-2H3,(H2,17,19)(H,18,20). The van der Waals surface area contributed by atoms with Crippen LogP contribution in [0.3, 0.4) is 0 Å². The van der Waals surface area contributed by atoms with Gasteiger partial charge >= 0.3 is 0 Å². The molecule has 0 atom stereocenters. The number of hydrogen-bond donors (Lipinski definition) is 2. The average Bonchev–Trinajstić information content (AvgIpc) is 3.03. The fourth-order valence-corrected chi connectivity index (χ4v) is 2.63. The van der Waals surface area contributed by atoms with Crippen LogP contribution in [0, 0.1) is 0 Å². The molecule has 0 amide bonds. The van der Waals surface area contributed by atoms with Crippen molar-refractivity contribution in [3.05, 3.63) is 36.8 Å². The molecule has 0 spiro atoms. The van der Waals surface area contributed by atoms with Gasteiger partial charge in [0.05, 0.1) is 13.3 Å². The number of methoxy groups -OCH3 is 1. The summed E-state index contributed by atoms with van der Waals surface area (Å²) < 4.78 is 6.90. The second-order valence-corrected chi connectivity index (χ2v) is 5.23. The van der Waals surface area contributed by atoms with Crippen molar-refractivity contribution < 1.29 is 4.74 Å². The Morgan fingerprint density at radius 1 is 1.17 bits per heavy atom. The number of nitrogens with zero attached hydrogens (tertiary/aromatic N) is 5. The molecule has 0 aliphatic rings. The predicted octanol–water partition coefficient (Wildman–Crippen LogP) is 1.97. The maximum atomic E-state index is 5.86. The van der Waals surface area contributed by atoms with E-state index in [1.807, 2.05) is 19.2 Å². The van der Waals surface area contributed by atoms with Gasteiger partial charge in [0.15, 0.2) is 11.5 Å². The van der Waals surface area contributed by atoms with Crippen molar-refractivity contribution in [3.8, 4) is 17.1 Å². The number of nitrogens with two attached hydrogens (primary N) is 1. The zero-order valence-corrected chi connectivity index (χ0v) is 13.2. The molecule has 3 N–H and O–H groups in total. The van der Waals surface area contributed by atoms with E-state index in [9.17, 15) is 0 Å². The Kier molecular flexibility index (Phi) is 3.16. The maximum Gasteiger partial charge on any atom is 0.184 e. The van der Waals surface area contributed by atoms with Crippen molar-refractivity contribution >= 4 is 28.1 Å². The number of pyridine rings is 3. The van der Waals surface area contributed by atoms with Crippen LogP contribution in [0.5, 0.6) is 5.75 Å². The molecule has 0 bridgehead atoms. The van der Waals surface area contributed by atoms with Gasteiger partial charge in [-0.15, -0.1) is 5.10 Å². The first-order valence-electron chi connectivity index (χ1n) is 7.32. The molecule has 0 saturated carbocycles. The summed E-state index contributed by atoms with van der Waals surface area (Å²) in [6, 6.07) is 5.50. The highest BCUT2D eigenvalue weighted by atomic mass is 16.5. The molecule has 0 radical (unpaired) electrons. The van der Waals surface area contributed by atoms with Gasteiger partial charge in [-0.2, -0.15) is 0 Å². The van der Waals surface area contributed by atoms with Gasteiger partial charge in [0, 0.05) is 35.8 Å². The second kappa shape index (κ2) is 5.34. The summed E-state index contributed by atoms with van der Waals surface area (Å²) in [5.41, 5.74) is 7.37. The van der Waals surface area contributed by atoms with Crippen LogP contribution in [0.2, 0.25) is 0 Å². The molecule has 0 fully saturated rings. The third-order valence-corrected chi connectivity index (χ3v) is 3.81. The molecule has 0 aromatic carbocycles. The van der Waals surface area contributed by atoms with E-state index in [1.165, 1.54) is 0 Å². The van der Waals surface area contributed by atoms with Crippen LogP contribution >= 0.6 is 0 Å². The van der Waals surface area contributed by atoms with Crippen molar-refractivity contribution in [1.29, 1.82) is 0 Å². The molecule has 0 aliphatic heterocycles. The van der Waals surface area contributed by atoms with E-state index < -0.39 is 0 Å². The first-order chi connectivity index (χ1) is 11.7. The number of rotatable bonds is 3. The minimum atomic E-state index is 0.433. The molecule has 4 aromatic heterocycles. The summed E-state index contributed by atoms with van der Waals surface area (Å²) in [5.74, 6) is 2.43. The van der Waals surface area contributed by atoms with Crippen molar-refractivity contribution in [1.82, 2.24) is 24.6 Å². The molecule has 8 nitrogen and oxygen atoms in total. The van der Waals surface area contributed by atoms with E-state index in [4.69, 9.17) is 10.5 Å². The molecular formula is C16H15N7O. The normalized spacial score (nSPS) is 11.1. The lowest BCUT2D eigenvalue weighted by Crippen LogP contribution is -1.98. The van der Waals surface area contributed by atoms with Crippen molar-refractivity contribution in [2.24, 2.45) is 0 Å². The quantitative estimate of drug-likeness (QED) is 0.594. The summed E-state index contributed by atoms with van der Waals surface area (Å²) in [4.78, 5) is 13.1. The third kappa shape index (κ3) is 2.16. The van der Waals surface area contributed by atoms with Crippen LogP contribution in [0.1, 0.15) is 0 Å². The number of anilines is 2. The SMILES string of the molecule is CNc1ncc(-c2nc3ccc(OC)cn3n2)c2cc(N)ncc12. The fourth-order valence-electron chi connectivity index (χ4n) is 2.63. The number of nitrogens with one attached hydrogen (secondary N) is 1. The molecule has 24 heavy (non-hydrogen) atoms. The second-order valence-electron chi connectivity index (χ2n) is 5.23. The third-order valence-electron chi connectivity index (χ3n) is 3.81. The monoisotopic (exact) mass is 321 g/mol. The van der Waals surface area contributed by atoms with Gasteiger partial charge in [-0.05, 0) is 18.2 Å². The van der Waals surface area contributed by atoms with Gasteiger partial charge in [0.25, 0.3) is 0 Å². The van der Waals surface area contributed by atoms with Gasteiger partial charge in [-0.3, -0.25) is 0 Å². The van der Waals surface area contributed by atoms with Crippen molar-refractivity contribution in [2.75, 3.05) is 25.2 Å². The lowest BCUT2D eigenvalue weighted by atomic mass is 10.1. The van der Waals surface area contributed by atoms with Crippen LogP contribution < -0.4 is 15.8 Å². The van der Waals surface area contributed by atoms with Crippen LogP contribution in [-0.4, -0.2) is 38.7 Å². The molecule has 0 unspecified atom stereocenters. The van der Waals surface area contributed by atoms with E-state index in [2.05, 4.69) is 25.4 Å². The lowest BCUT2D eigenvalue weighted by molar-refractivity contribution is 0.411. The van der Waals surface area contributed by atoms with Crippen LogP contribution in [0.4, 0.5) is 11.6 Å². The zero-order chi connectivity index (χ0) is 16.7. The number of fused-ring (bicyclic) bond motifs is 2. The highest BCUT2D eigenvalue weighted by Crippen LogP contribution is 2.30. The number of ether oxygens (including phenoxy) is 1. The molecule has 0 saturated heterocycles. The molecule has 120 valence electrons. The number of aromatic nitrogens is 5. The molecule has 4 aromatic rings. The molecular weight excluding hydrogens is 306 g/mol. The van der Waals surface area contributed by atoms with Gasteiger partial charge < -0.3 is 15.8 Å². The predicted molar refractivity (Wildman–Crippen MR) is 92.0 cm³/mol. The summed E-state index contributed by atoms with van der Waals surface area (Å²) in [6.07, 6.45) is 5.21. The maximum absolute atomic E-state index is 5.86. The number of nitrogen functional groups attached to an aromatic ring is 1. The Bertz CT molecular complexity index is 1060. The minimum absolute atomic E-state index is 0.433. The minimum Gasteiger partial charge on any atom is -0.495 e. The Morgan fingerprint density at radius 3 is 2.83 bits per heavy atom. The van der Waals surface area contributed by atoms with Gasteiger partial charge in [-0.25, -0.2) is 19.5 Å². The first kappa shape index (κ1) is 14.2. The van der Waals surface area contributed by atoms with E-state index in [0.717, 1.165) is 27.8 Å². The topological polar surface area (TPSA) is 103 Å². The van der Waals surface area contributed by atoms with Crippen molar-refractivity contribution in [3.63, 3.8) is 0 Å².